The summed E-state index contributed by atoms with van der Waals surface area (Å²) in [6, 6.07) is 4.16. The molecular formula is C16H17ClN2O5S. The Labute approximate surface area is 150 Å². The van der Waals surface area contributed by atoms with E-state index < -0.39 is 40.1 Å². The maximum absolute atomic E-state index is 12.6. The predicted octanol–water partition coefficient (Wildman–Crippen LogP) is 0.972. The Hall–Kier alpha value is -1.93. The summed E-state index contributed by atoms with van der Waals surface area (Å²) in [7, 11) is -3.14. The summed E-state index contributed by atoms with van der Waals surface area (Å²) in [5, 5.41) is 0.167. The lowest BCUT2D eigenvalue weighted by Gasteiger charge is -2.28. The van der Waals surface area contributed by atoms with Crippen LogP contribution in [0.1, 0.15) is 34.1 Å². The highest BCUT2D eigenvalue weighted by Gasteiger charge is 2.40. The molecule has 0 aliphatic carbocycles. The number of amides is 3. The van der Waals surface area contributed by atoms with E-state index in [1.54, 1.807) is 13.0 Å². The molecule has 1 atom stereocenters. The van der Waals surface area contributed by atoms with E-state index >= 15 is 0 Å². The van der Waals surface area contributed by atoms with E-state index in [9.17, 15) is 22.8 Å². The molecule has 3 rings (SSSR count). The van der Waals surface area contributed by atoms with E-state index in [-0.39, 0.29) is 27.7 Å². The summed E-state index contributed by atoms with van der Waals surface area (Å²) in [4.78, 5) is 39.8. The average Bonchev–Trinajstić information content (AvgIpc) is 3.01. The first kappa shape index (κ1) is 17.9. The molecule has 7 nitrogen and oxygen atoms in total. The number of carbonyl (C=O) groups is 3. The molecule has 0 aromatic heterocycles. The molecule has 25 heavy (non-hydrogen) atoms. The molecule has 2 aliphatic heterocycles. The predicted molar refractivity (Wildman–Crippen MR) is 91.3 cm³/mol. The molecule has 0 spiro atoms. The maximum Gasteiger partial charge on any atom is 0.263 e. The monoisotopic (exact) mass is 384 g/mol. The smallest absolute Gasteiger partial charge is 0.263 e. The molecule has 0 saturated carbocycles. The third kappa shape index (κ3) is 3.16. The molecule has 1 saturated heterocycles. The standard InChI is InChI=1S/C16H17ClN2O5S/c1-2-18(10-6-7-25(23,24)9-10)13(20)8-19-15(21)11-4-3-5-12(17)14(11)16(19)22/h3-5,10H,2,6-9H2,1H3. The van der Waals surface area contributed by atoms with E-state index in [1.807, 2.05) is 0 Å². The van der Waals surface area contributed by atoms with Gasteiger partial charge in [-0.15, -0.1) is 0 Å². The van der Waals surface area contributed by atoms with Gasteiger partial charge >= 0.3 is 0 Å². The van der Waals surface area contributed by atoms with E-state index in [1.165, 1.54) is 17.0 Å². The van der Waals surface area contributed by atoms with Crippen molar-refractivity contribution < 1.29 is 22.8 Å². The molecule has 0 N–H and O–H groups in total. The molecule has 1 aromatic carbocycles. The van der Waals surface area contributed by atoms with Crippen LogP contribution in [-0.4, -0.2) is 66.6 Å². The summed E-state index contributed by atoms with van der Waals surface area (Å²) in [5.74, 6) is -1.65. The summed E-state index contributed by atoms with van der Waals surface area (Å²) in [6.45, 7) is 1.62. The molecule has 134 valence electrons. The number of benzene rings is 1. The summed E-state index contributed by atoms with van der Waals surface area (Å²) in [6.07, 6.45) is 0.371. The van der Waals surface area contributed by atoms with Gasteiger partial charge in [-0.1, -0.05) is 17.7 Å². The Morgan fingerprint density at radius 1 is 1.32 bits per heavy atom. The summed E-state index contributed by atoms with van der Waals surface area (Å²) < 4.78 is 23.3. The van der Waals surface area contributed by atoms with Crippen LogP contribution in [0.25, 0.3) is 0 Å². The van der Waals surface area contributed by atoms with Crippen molar-refractivity contribution >= 4 is 39.2 Å². The van der Waals surface area contributed by atoms with Crippen molar-refractivity contribution in [2.75, 3.05) is 24.6 Å². The first-order chi connectivity index (χ1) is 11.7. The van der Waals surface area contributed by atoms with Crippen LogP contribution in [0.5, 0.6) is 0 Å². The minimum Gasteiger partial charge on any atom is -0.337 e. The lowest BCUT2D eigenvalue weighted by molar-refractivity contribution is -0.133. The van der Waals surface area contributed by atoms with E-state index in [2.05, 4.69) is 0 Å². The van der Waals surface area contributed by atoms with Crippen molar-refractivity contribution in [2.45, 2.75) is 19.4 Å². The van der Waals surface area contributed by atoms with Crippen molar-refractivity contribution in [2.24, 2.45) is 0 Å². The number of rotatable bonds is 4. The number of sulfone groups is 1. The zero-order valence-corrected chi connectivity index (χ0v) is 15.1. The van der Waals surface area contributed by atoms with Gasteiger partial charge < -0.3 is 4.90 Å². The Morgan fingerprint density at radius 3 is 2.60 bits per heavy atom. The molecule has 0 bridgehead atoms. The van der Waals surface area contributed by atoms with E-state index in [4.69, 9.17) is 11.6 Å². The normalized spacial score (nSPS) is 21.5. The number of hydrogen-bond acceptors (Lipinski definition) is 5. The van der Waals surface area contributed by atoms with Crippen molar-refractivity contribution in [3.8, 4) is 0 Å². The molecule has 1 unspecified atom stereocenters. The number of imide groups is 1. The van der Waals surface area contributed by atoms with Gasteiger partial charge in [0, 0.05) is 12.6 Å². The number of likely N-dealkylation sites (N-methyl/N-ethyl adjacent to an activating group) is 1. The second-order valence-corrected chi connectivity index (χ2v) is 8.73. The number of nitrogens with zero attached hydrogens (tertiary/aromatic N) is 2. The molecule has 9 heteroatoms. The Morgan fingerprint density at radius 2 is 2.04 bits per heavy atom. The number of hydrogen-bond donors (Lipinski definition) is 0. The molecule has 1 aromatic rings. The molecule has 0 radical (unpaired) electrons. The van der Waals surface area contributed by atoms with E-state index in [0.717, 1.165) is 4.90 Å². The highest BCUT2D eigenvalue weighted by Crippen LogP contribution is 2.29. The Balaban J connectivity index is 1.78. The highest BCUT2D eigenvalue weighted by atomic mass is 35.5. The van der Waals surface area contributed by atoms with Crippen LogP contribution < -0.4 is 0 Å². The SMILES string of the molecule is CCN(C(=O)CN1C(=O)c2cccc(Cl)c2C1=O)C1CCS(=O)(=O)C1. The van der Waals surface area contributed by atoms with Crippen LogP contribution in [0.3, 0.4) is 0 Å². The third-order valence-electron chi connectivity index (χ3n) is 4.55. The van der Waals surface area contributed by atoms with Gasteiger partial charge in [-0.05, 0) is 25.5 Å². The van der Waals surface area contributed by atoms with Crippen molar-refractivity contribution in [1.82, 2.24) is 9.80 Å². The molecule has 2 heterocycles. The largest absolute Gasteiger partial charge is 0.337 e. The Kier molecular flexibility index (Phi) is 4.59. The van der Waals surface area contributed by atoms with Crippen molar-refractivity contribution in [3.05, 3.63) is 34.3 Å². The number of fused-ring (bicyclic) bond motifs is 1. The fourth-order valence-corrected chi connectivity index (χ4v) is 5.31. The fourth-order valence-electron chi connectivity index (χ4n) is 3.32. The highest BCUT2D eigenvalue weighted by molar-refractivity contribution is 7.91. The lowest BCUT2D eigenvalue weighted by Crippen LogP contribution is -2.47. The first-order valence-corrected chi connectivity index (χ1v) is 10.1. The van der Waals surface area contributed by atoms with Crippen LogP contribution in [0.2, 0.25) is 5.02 Å². The second kappa shape index (κ2) is 6.42. The first-order valence-electron chi connectivity index (χ1n) is 7.89. The van der Waals surface area contributed by atoms with Crippen LogP contribution in [0.15, 0.2) is 18.2 Å². The minimum atomic E-state index is -3.14. The molecule has 2 aliphatic rings. The zero-order valence-electron chi connectivity index (χ0n) is 13.6. The molecular weight excluding hydrogens is 368 g/mol. The second-order valence-electron chi connectivity index (χ2n) is 6.10. The molecule has 3 amide bonds. The Bertz CT molecular complexity index is 867. The van der Waals surface area contributed by atoms with Gasteiger partial charge in [0.2, 0.25) is 5.91 Å². The van der Waals surface area contributed by atoms with Crippen molar-refractivity contribution in [3.63, 3.8) is 0 Å². The quantitative estimate of drug-likeness (QED) is 0.721. The fraction of sp³-hybridized carbons (Fsp3) is 0.438. The van der Waals surface area contributed by atoms with Crippen LogP contribution in [0.4, 0.5) is 0 Å². The third-order valence-corrected chi connectivity index (χ3v) is 6.62. The number of carbonyl (C=O) groups excluding carboxylic acids is 3. The summed E-state index contributed by atoms with van der Waals surface area (Å²) >= 11 is 5.99. The summed E-state index contributed by atoms with van der Waals surface area (Å²) in [5.41, 5.74) is 0.283. The average molecular weight is 385 g/mol. The van der Waals surface area contributed by atoms with Crippen molar-refractivity contribution in [1.29, 1.82) is 0 Å². The van der Waals surface area contributed by atoms with Gasteiger partial charge in [-0.25, -0.2) is 8.42 Å². The van der Waals surface area contributed by atoms with Crippen LogP contribution >= 0.6 is 11.6 Å². The van der Waals surface area contributed by atoms with Gasteiger partial charge in [0.1, 0.15) is 6.54 Å². The topological polar surface area (TPSA) is 91.8 Å². The van der Waals surface area contributed by atoms with Gasteiger partial charge in [-0.2, -0.15) is 0 Å². The van der Waals surface area contributed by atoms with Crippen LogP contribution in [-0.2, 0) is 14.6 Å². The van der Waals surface area contributed by atoms with E-state index in [0.29, 0.717) is 13.0 Å². The minimum absolute atomic E-state index is 0.0457. The maximum atomic E-state index is 12.6. The van der Waals surface area contributed by atoms with Gasteiger partial charge in [-0.3, -0.25) is 19.3 Å². The lowest BCUT2D eigenvalue weighted by atomic mass is 10.1. The van der Waals surface area contributed by atoms with Gasteiger partial charge in [0.05, 0.1) is 27.7 Å². The van der Waals surface area contributed by atoms with Crippen LogP contribution in [0, 0.1) is 0 Å². The number of halogens is 1. The molecule has 1 fully saturated rings. The van der Waals surface area contributed by atoms with Gasteiger partial charge in [0.15, 0.2) is 9.84 Å². The van der Waals surface area contributed by atoms with Gasteiger partial charge in [0.25, 0.3) is 11.8 Å². The zero-order chi connectivity index (χ0) is 18.4.